The van der Waals surface area contributed by atoms with Crippen molar-refractivity contribution < 1.29 is 9.53 Å². The Morgan fingerprint density at radius 3 is 2.93 bits per heavy atom. The molecule has 1 rings (SSSR count). The molecule has 0 aliphatic heterocycles. The molecule has 0 saturated carbocycles. The first-order valence-corrected chi connectivity index (χ1v) is 5.80. The average Bonchev–Trinajstić information content (AvgIpc) is 2.44. The van der Waals surface area contributed by atoms with Crippen LogP contribution in [-0.2, 0) is 16.0 Å². The van der Waals surface area contributed by atoms with Gasteiger partial charge >= 0.3 is 5.97 Å². The quantitative estimate of drug-likeness (QED) is 0.871. The zero-order valence-corrected chi connectivity index (χ0v) is 10.6. The van der Waals surface area contributed by atoms with E-state index in [-0.39, 0.29) is 0 Å². The third kappa shape index (κ3) is 2.95. The molecular formula is C8H9BrClNO2S. The van der Waals surface area contributed by atoms with E-state index in [4.69, 9.17) is 17.3 Å². The molecule has 1 unspecified atom stereocenters. The lowest BCUT2D eigenvalue weighted by atomic mass is 10.2. The fourth-order valence-electron chi connectivity index (χ4n) is 0.943. The lowest BCUT2D eigenvalue weighted by Gasteiger charge is -2.06. The number of thiophene rings is 1. The van der Waals surface area contributed by atoms with Crippen LogP contribution in [0.5, 0.6) is 0 Å². The van der Waals surface area contributed by atoms with Crippen LogP contribution in [0, 0.1) is 0 Å². The summed E-state index contributed by atoms with van der Waals surface area (Å²) in [5, 5.41) is 0. The van der Waals surface area contributed by atoms with E-state index in [1.165, 1.54) is 18.4 Å². The van der Waals surface area contributed by atoms with Crippen molar-refractivity contribution >= 4 is 44.8 Å². The van der Waals surface area contributed by atoms with Gasteiger partial charge in [0.25, 0.3) is 0 Å². The molecule has 0 radical (unpaired) electrons. The van der Waals surface area contributed by atoms with Crippen molar-refractivity contribution in [2.24, 2.45) is 5.73 Å². The highest BCUT2D eigenvalue weighted by atomic mass is 79.9. The minimum absolute atomic E-state index is 0.411. The van der Waals surface area contributed by atoms with Crippen LogP contribution < -0.4 is 5.73 Å². The third-order valence-electron chi connectivity index (χ3n) is 1.62. The molecule has 1 heterocycles. The lowest BCUT2D eigenvalue weighted by Crippen LogP contribution is -2.33. The van der Waals surface area contributed by atoms with Crippen molar-refractivity contribution in [2.45, 2.75) is 12.5 Å². The average molecular weight is 299 g/mol. The van der Waals surface area contributed by atoms with Gasteiger partial charge in [-0.15, -0.1) is 11.3 Å². The maximum atomic E-state index is 11.0. The third-order valence-corrected chi connectivity index (χ3v) is 4.12. The van der Waals surface area contributed by atoms with Gasteiger partial charge < -0.3 is 10.5 Å². The van der Waals surface area contributed by atoms with Crippen LogP contribution in [0.3, 0.4) is 0 Å². The van der Waals surface area contributed by atoms with Crippen LogP contribution in [0.15, 0.2) is 10.5 Å². The predicted molar refractivity (Wildman–Crippen MR) is 60.7 cm³/mol. The smallest absolute Gasteiger partial charge is 0.323 e. The summed E-state index contributed by atoms with van der Waals surface area (Å²) < 4.78 is 6.01. The number of carbonyl (C=O) groups excluding carboxylic acids is 1. The molecule has 0 amide bonds. The van der Waals surface area contributed by atoms with Gasteiger partial charge in [-0.25, -0.2) is 0 Å². The lowest BCUT2D eigenvalue weighted by molar-refractivity contribution is -0.142. The topological polar surface area (TPSA) is 52.3 Å². The first-order chi connectivity index (χ1) is 6.54. The van der Waals surface area contributed by atoms with Crippen molar-refractivity contribution in [2.75, 3.05) is 7.11 Å². The molecule has 1 aromatic heterocycles. The van der Waals surface area contributed by atoms with Crippen molar-refractivity contribution in [3.8, 4) is 0 Å². The molecule has 0 aromatic carbocycles. The van der Waals surface area contributed by atoms with E-state index in [1.54, 1.807) is 0 Å². The Kier molecular flexibility index (Phi) is 4.37. The molecule has 0 spiro atoms. The number of esters is 1. The molecule has 2 N–H and O–H groups in total. The van der Waals surface area contributed by atoms with Gasteiger partial charge in [-0.1, -0.05) is 11.6 Å². The minimum Gasteiger partial charge on any atom is -0.468 e. The Hall–Kier alpha value is -0.100. The van der Waals surface area contributed by atoms with E-state index in [9.17, 15) is 4.79 Å². The van der Waals surface area contributed by atoms with E-state index in [1.807, 2.05) is 6.07 Å². The normalized spacial score (nSPS) is 12.6. The van der Waals surface area contributed by atoms with E-state index >= 15 is 0 Å². The first-order valence-electron chi connectivity index (χ1n) is 3.81. The molecule has 1 atom stereocenters. The summed E-state index contributed by atoms with van der Waals surface area (Å²) >= 11 is 10.5. The number of hydrogen-bond acceptors (Lipinski definition) is 4. The van der Waals surface area contributed by atoms with Gasteiger partial charge in [-0.2, -0.15) is 0 Å². The van der Waals surface area contributed by atoms with Crippen LogP contribution in [-0.4, -0.2) is 19.1 Å². The first kappa shape index (κ1) is 12.0. The Labute approximate surface area is 99.3 Å². The SMILES string of the molecule is COC(=O)C(N)Cc1cc(Br)c(Cl)s1. The van der Waals surface area contributed by atoms with E-state index < -0.39 is 12.0 Å². The van der Waals surface area contributed by atoms with Crippen molar-refractivity contribution in [1.82, 2.24) is 0 Å². The summed E-state index contributed by atoms with van der Waals surface area (Å²) in [5.74, 6) is -0.411. The second-order valence-electron chi connectivity index (χ2n) is 2.67. The molecule has 0 aliphatic carbocycles. The highest BCUT2D eigenvalue weighted by Crippen LogP contribution is 2.32. The number of hydrogen-bond donors (Lipinski definition) is 1. The Balaban J connectivity index is 2.64. The molecule has 0 aliphatic rings. The monoisotopic (exact) mass is 297 g/mol. The van der Waals surface area contributed by atoms with Gasteiger partial charge in [0.2, 0.25) is 0 Å². The van der Waals surface area contributed by atoms with E-state index in [2.05, 4.69) is 20.7 Å². The largest absolute Gasteiger partial charge is 0.468 e. The minimum atomic E-state index is -0.624. The number of methoxy groups -OCH3 is 1. The Morgan fingerprint density at radius 1 is 1.86 bits per heavy atom. The second-order valence-corrected chi connectivity index (χ2v) is 5.26. The van der Waals surface area contributed by atoms with E-state index in [0.717, 1.165) is 9.35 Å². The highest BCUT2D eigenvalue weighted by molar-refractivity contribution is 9.10. The fraction of sp³-hybridized carbons (Fsp3) is 0.375. The summed E-state index contributed by atoms with van der Waals surface area (Å²) in [6.45, 7) is 0. The number of halogens is 2. The van der Waals surface area contributed by atoms with Crippen LogP contribution in [0.4, 0.5) is 0 Å². The van der Waals surface area contributed by atoms with Gasteiger partial charge in [0.1, 0.15) is 10.4 Å². The zero-order valence-electron chi connectivity index (χ0n) is 7.42. The number of rotatable bonds is 3. The maximum Gasteiger partial charge on any atom is 0.323 e. The molecule has 0 fully saturated rings. The van der Waals surface area contributed by atoms with Gasteiger partial charge in [0.15, 0.2) is 0 Å². The summed E-state index contributed by atoms with van der Waals surface area (Å²) in [4.78, 5) is 12.0. The fourth-order valence-corrected chi connectivity index (χ4v) is 2.79. The molecule has 1 aromatic rings. The van der Waals surface area contributed by atoms with Crippen LogP contribution in [0.1, 0.15) is 4.88 Å². The summed E-state index contributed by atoms with van der Waals surface area (Å²) in [6.07, 6.45) is 0.447. The Morgan fingerprint density at radius 2 is 2.50 bits per heavy atom. The molecule has 0 saturated heterocycles. The molecular weight excluding hydrogens is 290 g/mol. The number of ether oxygens (including phenoxy) is 1. The van der Waals surface area contributed by atoms with E-state index in [0.29, 0.717) is 10.8 Å². The standard InChI is InChI=1S/C8H9BrClNO2S/c1-13-8(12)6(11)3-4-2-5(9)7(10)14-4/h2,6H,3,11H2,1H3. The summed E-state index contributed by atoms with van der Waals surface area (Å²) in [6, 6.07) is 1.23. The molecule has 6 heteroatoms. The van der Waals surface area contributed by atoms with Crippen molar-refractivity contribution in [1.29, 1.82) is 0 Å². The Bertz CT molecular complexity index is 323. The van der Waals surface area contributed by atoms with Crippen molar-refractivity contribution in [3.05, 3.63) is 19.8 Å². The predicted octanol–water partition coefficient (Wildman–Crippen LogP) is 2.21. The van der Waals surface area contributed by atoms with Gasteiger partial charge in [0, 0.05) is 15.8 Å². The summed E-state index contributed by atoms with van der Waals surface area (Å²) in [5.41, 5.74) is 5.59. The summed E-state index contributed by atoms with van der Waals surface area (Å²) in [7, 11) is 1.32. The molecule has 0 bridgehead atoms. The van der Waals surface area contributed by atoms with Crippen LogP contribution in [0.2, 0.25) is 4.34 Å². The van der Waals surface area contributed by atoms with Gasteiger partial charge in [-0.05, 0) is 22.0 Å². The van der Waals surface area contributed by atoms with Crippen LogP contribution in [0.25, 0.3) is 0 Å². The number of nitrogens with two attached hydrogens (primary N) is 1. The second kappa shape index (κ2) is 5.11. The maximum absolute atomic E-state index is 11.0. The molecule has 14 heavy (non-hydrogen) atoms. The zero-order chi connectivity index (χ0) is 10.7. The highest BCUT2D eigenvalue weighted by Gasteiger charge is 2.16. The van der Waals surface area contributed by atoms with Gasteiger partial charge in [-0.3, -0.25) is 4.79 Å². The number of carbonyl (C=O) groups is 1. The van der Waals surface area contributed by atoms with Crippen molar-refractivity contribution in [3.63, 3.8) is 0 Å². The van der Waals surface area contributed by atoms with Crippen LogP contribution >= 0.6 is 38.9 Å². The molecule has 78 valence electrons. The molecule has 3 nitrogen and oxygen atoms in total. The van der Waals surface area contributed by atoms with Gasteiger partial charge in [0.05, 0.1) is 7.11 Å².